The summed E-state index contributed by atoms with van der Waals surface area (Å²) in [5.74, 6) is -0.763. The van der Waals surface area contributed by atoms with Crippen LogP contribution < -0.4 is 5.32 Å². The maximum absolute atomic E-state index is 10.2. The molecule has 0 saturated heterocycles. The summed E-state index contributed by atoms with van der Waals surface area (Å²) in [7, 11) is 0. The summed E-state index contributed by atoms with van der Waals surface area (Å²) in [5, 5.41) is 11.5. The second-order valence-corrected chi connectivity index (χ2v) is 3.63. The van der Waals surface area contributed by atoms with Crippen molar-refractivity contribution in [3.8, 4) is 0 Å². The Hall–Kier alpha value is -1.10. The monoisotopic (exact) mass is 258 g/mol. The molecule has 1 heterocycles. The number of nitrogens with one attached hydrogen (secondary N) is 1. The van der Waals surface area contributed by atoms with Crippen molar-refractivity contribution in [3.63, 3.8) is 0 Å². The number of rotatable bonds is 5. The first kappa shape index (κ1) is 11.0. The van der Waals surface area contributed by atoms with Gasteiger partial charge in [-0.3, -0.25) is 9.78 Å². The van der Waals surface area contributed by atoms with E-state index in [9.17, 15) is 4.79 Å². The number of carboxylic acids is 1. The topological polar surface area (TPSA) is 62.2 Å². The molecule has 5 heteroatoms. The normalized spacial score (nSPS) is 9.79. The zero-order valence-corrected chi connectivity index (χ0v) is 9.12. The highest BCUT2D eigenvalue weighted by Crippen LogP contribution is 2.19. The van der Waals surface area contributed by atoms with Gasteiger partial charge >= 0.3 is 5.97 Å². The van der Waals surface area contributed by atoms with Crippen molar-refractivity contribution in [1.29, 1.82) is 0 Å². The Bertz CT molecular complexity index is 317. The van der Waals surface area contributed by atoms with Crippen LogP contribution in [0.4, 0.5) is 5.69 Å². The van der Waals surface area contributed by atoms with E-state index in [4.69, 9.17) is 5.11 Å². The highest BCUT2D eigenvalue weighted by molar-refractivity contribution is 9.10. The molecule has 2 N–H and O–H groups in total. The number of hydrogen-bond donors (Lipinski definition) is 2. The first-order chi connectivity index (χ1) is 6.70. The van der Waals surface area contributed by atoms with Crippen molar-refractivity contribution < 1.29 is 9.90 Å². The molecule has 0 aliphatic rings. The van der Waals surface area contributed by atoms with E-state index in [1.807, 2.05) is 6.07 Å². The molecular formula is C9H11BrN2O2. The lowest BCUT2D eigenvalue weighted by Crippen LogP contribution is -2.05. The van der Waals surface area contributed by atoms with Gasteiger partial charge in [0.1, 0.15) is 0 Å². The summed E-state index contributed by atoms with van der Waals surface area (Å²) in [6.45, 7) is 0.648. The summed E-state index contributed by atoms with van der Waals surface area (Å²) >= 11 is 3.34. The molecule has 1 rings (SSSR count). The van der Waals surface area contributed by atoms with Crippen LogP contribution in [-0.4, -0.2) is 22.6 Å². The summed E-state index contributed by atoms with van der Waals surface area (Å²) in [6.07, 6.45) is 4.18. The minimum absolute atomic E-state index is 0.190. The van der Waals surface area contributed by atoms with Gasteiger partial charge in [0.05, 0.1) is 10.2 Å². The second-order valence-electron chi connectivity index (χ2n) is 2.78. The molecule has 0 fully saturated rings. The van der Waals surface area contributed by atoms with Gasteiger partial charge in [0, 0.05) is 25.4 Å². The fourth-order valence-electron chi connectivity index (χ4n) is 0.981. The Kier molecular flexibility index (Phi) is 4.39. The van der Waals surface area contributed by atoms with Crippen molar-refractivity contribution in [3.05, 3.63) is 22.9 Å². The van der Waals surface area contributed by atoms with Gasteiger partial charge in [0.25, 0.3) is 0 Å². The van der Waals surface area contributed by atoms with Gasteiger partial charge in [0.2, 0.25) is 0 Å². The van der Waals surface area contributed by atoms with E-state index in [0.29, 0.717) is 13.0 Å². The van der Waals surface area contributed by atoms with Gasteiger partial charge in [-0.25, -0.2) is 0 Å². The van der Waals surface area contributed by atoms with Gasteiger partial charge < -0.3 is 10.4 Å². The molecule has 76 valence electrons. The highest BCUT2D eigenvalue weighted by Gasteiger charge is 1.99. The molecule has 1 aromatic rings. The van der Waals surface area contributed by atoms with E-state index in [-0.39, 0.29) is 6.42 Å². The predicted molar refractivity (Wildman–Crippen MR) is 57.3 cm³/mol. The number of hydrogen-bond acceptors (Lipinski definition) is 3. The molecule has 0 saturated carbocycles. The second kappa shape index (κ2) is 5.59. The molecule has 0 aliphatic carbocycles. The van der Waals surface area contributed by atoms with Crippen LogP contribution in [-0.2, 0) is 4.79 Å². The molecule has 0 aliphatic heterocycles. The molecule has 14 heavy (non-hydrogen) atoms. The molecule has 1 aromatic heterocycles. The highest BCUT2D eigenvalue weighted by atomic mass is 79.9. The van der Waals surface area contributed by atoms with Crippen LogP contribution in [0.15, 0.2) is 22.9 Å². The lowest BCUT2D eigenvalue weighted by Gasteiger charge is -2.06. The third-order valence-electron chi connectivity index (χ3n) is 1.66. The van der Waals surface area contributed by atoms with Crippen LogP contribution >= 0.6 is 15.9 Å². The zero-order valence-electron chi connectivity index (χ0n) is 7.53. The number of halogens is 1. The molecular weight excluding hydrogens is 248 g/mol. The standard InChI is InChI=1S/C9H11BrN2O2/c10-7-6-11-5-3-8(7)12-4-1-2-9(13)14/h3,5-6H,1-2,4H2,(H,11,12)(H,13,14). The molecule has 0 atom stereocenters. The van der Waals surface area contributed by atoms with E-state index in [1.165, 1.54) is 0 Å². The lowest BCUT2D eigenvalue weighted by molar-refractivity contribution is -0.137. The lowest BCUT2D eigenvalue weighted by atomic mass is 10.3. The fraction of sp³-hybridized carbons (Fsp3) is 0.333. The number of aliphatic carboxylic acids is 1. The van der Waals surface area contributed by atoms with Crippen LogP contribution in [0.2, 0.25) is 0 Å². The molecule has 4 nitrogen and oxygen atoms in total. The predicted octanol–water partition coefficient (Wildman–Crippen LogP) is 2.12. The number of aromatic nitrogens is 1. The third kappa shape index (κ3) is 3.74. The Morgan fingerprint density at radius 1 is 1.64 bits per heavy atom. The number of carboxylic acid groups (broad SMARTS) is 1. The summed E-state index contributed by atoms with van der Waals surface area (Å²) < 4.78 is 0.885. The quantitative estimate of drug-likeness (QED) is 0.795. The van der Waals surface area contributed by atoms with E-state index < -0.39 is 5.97 Å². The van der Waals surface area contributed by atoms with Gasteiger partial charge in [-0.2, -0.15) is 0 Å². The average Bonchev–Trinajstić information content (AvgIpc) is 2.15. The minimum atomic E-state index is -0.763. The van der Waals surface area contributed by atoms with Crippen molar-refractivity contribution in [2.24, 2.45) is 0 Å². The van der Waals surface area contributed by atoms with E-state index >= 15 is 0 Å². The smallest absolute Gasteiger partial charge is 0.303 e. The number of carbonyl (C=O) groups is 1. The van der Waals surface area contributed by atoms with Gasteiger partial charge in [-0.05, 0) is 28.4 Å². The maximum Gasteiger partial charge on any atom is 0.303 e. The van der Waals surface area contributed by atoms with Crippen LogP contribution in [0, 0.1) is 0 Å². The van der Waals surface area contributed by atoms with E-state index in [1.54, 1.807) is 12.4 Å². The van der Waals surface area contributed by atoms with Crippen molar-refractivity contribution in [2.45, 2.75) is 12.8 Å². The van der Waals surface area contributed by atoms with Gasteiger partial charge in [-0.1, -0.05) is 0 Å². The van der Waals surface area contributed by atoms with Crippen LogP contribution in [0.1, 0.15) is 12.8 Å². The fourth-order valence-corrected chi connectivity index (χ4v) is 1.37. The Morgan fingerprint density at radius 2 is 2.43 bits per heavy atom. The number of pyridine rings is 1. The first-order valence-corrected chi connectivity index (χ1v) is 5.04. The largest absolute Gasteiger partial charge is 0.481 e. The number of anilines is 1. The number of nitrogens with zero attached hydrogens (tertiary/aromatic N) is 1. The molecule has 0 bridgehead atoms. The van der Waals surface area contributed by atoms with E-state index in [0.717, 1.165) is 10.2 Å². The molecule has 0 spiro atoms. The average molecular weight is 259 g/mol. The van der Waals surface area contributed by atoms with E-state index in [2.05, 4.69) is 26.2 Å². The summed E-state index contributed by atoms with van der Waals surface area (Å²) in [5.41, 5.74) is 0.936. The Morgan fingerprint density at radius 3 is 3.07 bits per heavy atom. The molecule has 0 amide bonds. The molecule has 0 aromatic carbocycles. The Balaban J connectivity index is 2.31. The van der Waals surface area contributed by atoms with Crippen LogP contribution in [0.5, 0.6) is 0 Å². The Labute approximate surface area is 90.5 Å². The molecule has 0 radical (unpaired) electrons. The van der Waals surface area contributed by atoms with Crippen LogP contribution in [0.3, 0.4) is 0 Å². The first-order valence-electron chi connectivity index (χ1n) is 4.25. The van der Waals surface area contributed by atoms with Crippen LogP contribution in [0.25, 0.3) is 0 Å². The maximum atomic E-state index is 10.2. The van der Waals surface area contributed by atoms with Crippen molar-refractivity contribution in [2.75, 3.05) is 11.9 Å². The van der Waals surface area contributed by atoms with Crippen molar-refractivity contribution in [1.82, 2.24) is 4.98 Å². The van der Waals surface area contributed by atoms with Gasteiger partial charge in [-0.15, -0.1) is 0 Å². The SMILES string of the molecule is O=C(O)CCCNc1ccncc1Br. The summed E-state index contributed by atoms with van der Waals surface area (Å²) in [4.78, 5) is 14.2. The summed E-state index contributed by atoms with van der Waals surface area (Å²) in [6, 6.07) is 1.84. The molecule has 0 unspecified atom stereocenters. The third-order valence-corrected chi connectivity index (χ3v) is 2.29. The van der Waals surface area contributed by atoms with Crippen molar-refractivity contribution >= 4 is 27.6 Å². The minimum Gasteiger partial charge on any atom is -0.481 e. The van der Waals surface area contributed by atoms with Gasteiger partial charge in [0.15, 0.2) is 0 Å². The zero-order chi connectivity index (χ0) is 10.4.